The highest BCUT2D eigenvalue weighted by atomic mass is 32.1. The fourth-order valence-corrected chi connectivity index (χ4v) is 8.31. The first kappa shape index (κ1) is 27.2. The summed E-state index contributed by atoms with van der Waals surface area (Å²) in [4.78, 5) is 20.0. The predicted molar refractivity (Wildman–Crippen MR) is 194 cm³/mol. The number of hydrogen-bond donors (Lipinski definition) is 0. The van der Waals surface area contributed by atoms with E-state index in [1.807, 2.05) is 84.3 Å². The van der Waals surface area contributed by atoms with Gasteiger partial charge < -0.3 is 4.74 Å². The van der Waals surface area contributed by atoms with Crippen molar-refractivity contribution in [3.05, 3.63) is 150 Å². The van der Waals surface area contributed by atoms with Crippen LogP contribution in [0.4, 0.5) is 0 Å². The third-order valence-corrected chi connectivity index (χ3v) is 10.5. The van der Waals surface area contributed by atoms with Gasteiger partial charge in [-0.05, 0) is 46.7 Å². The van der Waals surface area contributed by atoms with Gasteiger partial charge in [-0.25, -0.2) is 15.0 Å². The van der Waals surface area contributed by atoms with E-state index in [9.17, 15) is 0 Å². The van der Waals surface area contributed by atoms with Crippen molar-refractivity contribution in [2.24, 2.45) is 0 Å². The molecule has 5 nitrogen and oxygen atoms in total. The minimum atomic E-state index is -0.180. The van der Waals surface area contributed by atoms with E-state index in [1.165, 1.54) is 20.2 Å². The van der Waals surface area contributed by atoms with E-state index < -0.39 is 0 Å². The molecule has 0 radical (unpaired) electrons. The van der Waals surface area contributed by atoms with Crippen LogP contribution in [0.15, 0.2) is 134 Å². The lowest BCUT2D eigenvalue weighted by Gasteiger charge is -2.17. The molecule has 0 amide bonds. The van der Waals surface area contributed by atoms with E-state index in [-0.39, 0.29) is 12.0 Å². The summed E-state index contributed by atoms with van der Waals surface area (Å²) >= 11 is 1.83. The second kappa shape index (κ2) is 10.8. The van der Waals surface area contributed by atoms with Gasteiger partial charge in [0.05, 0.1) is 5.35 Å². The molecule has 0 bridgehead atoms. The number of aromatic nitrogens is 4. The summed E-state index contributed by atoms with van der Waals surface area (Å²) in [5.41, 5.74) is 6.14. The van der Waals surface area contributed by atoms with Crippen LogP contribution in [0.3, 0.4) is 0 Å². The molecule has 8 aromatic rings. The largest absolute Gasteiger partial charge is 0.485 e. The molecular weight excluding hydrogens is 609 g/mol. The molecule has 0 fully saturated rings. The van der Waals surface area contributed by atoms with E-state index in [0.717, 1.165) is 49.7 Å². The minimum absolute atomic E-state index is 0.0158. The first-order valence-corrected chi connectivity index (χ1v) is 16.9. The van der Waals surface area contributed by atoms with Crippen molar-refractivity contribution >= 4 is 43.7 Å². The third-order valence-electron chi connectivity index (χ3n) is 9.30. The van der Waals surface area contributed by atoms with Gasteiger partial charge in [0.2, 0.25) is 0 Å². The van der Waals surface area contributed by atoms with Crippen LogP contribution in [-0.4, -0.2) is 26.0 Å². The normalized spacial score (nSPS) is 16.0. The van der Waals surface area contributed by atoms with E-state index in [2.05, 4.69) is 77.8 Å². The molecule has 0 saturated carbocycles. The van der Waals surface area contributed by atoms with Crippen molar-refractivity contribution in [2.45, 2.75) is 12.0 Å². The van der Waals surface area contributed by atoms with Crippen LogP contribution < -0.4 is 15.3 Å². The summed E-state index contributed by atoms with van der Waals surface area (Å²) in [6.07, 6.45) is 6.09. The highest BCUT2D eigenvalue weighted by Crippen LogP contribution is 2.49. The van der Waals surface area contributed by atoms with Gasteiger partial charge in [0, 0.05) is 54.5 Å². The van der Waals surface area contributed by atoms with Crippen LogP contribution >= 0.6 is 11.3 Å². The Hall–Kier alpha value is -5.98. The summed E-state index contributed by atoms with van der Waals surface area (Å²) in [7, 11) is 0. The van der Waals surface area contributed by atoms with Crippen molar-refractivity contribution in [3.63, 3.8) is 0 Å². The number of ether oxygens (including phenoxy) is 1. The maximum atomic E-state index is 6.80. The number of nitrogens with zero attached hydrogens (tertiary/aromatic N) is 4. The molecule has 1 aliphatic heterocycles. The highest BCUT2D eigenvalue weighted by molar-refractivity contribution is 7.26. The SMILES string of the molecule is C1=c2cccnc2=CC2Oc3cc(-c4cccc5c4sc4ccccc45)cc(-c4nc(-c5ccccc5)nc(-c5ccccc5)n4)c3C12. The molecule has 2 atom stereocenters. The molecule has 48 heavy (non-hydrogen) atoms. The van der Waals surface area contributed by atoms with Crippen molar-refractivity contribution in [2.75, 3.05) is 0 Å². The third kappa shape index (κ3) is 4.37. The van der Waals surface area contributed by atoms with Crippen molar-refractivity contribution < 1.29 is 4.74 Å². The molecule has 6 heteroatoms. The van der Waals surface area contributed by atoms with E-state index in [1.54, 1.807) is 0 Å². The molecule has 5 aromatic carbocycles. The maximum absolute atomic E-state index is 6.80. The Kier molecular flexibility index (Phi) is 6.11. The van der Waals surface area contributed by atoms with Gasteiger partial charge in [0.1, 0.15) is 11.9 Å². The van der Waals surface area contributed by atoms with Gasteiger partial charge in [-0.1, -0.05) is 109 Å². The van der Waals surface area contributed by atoms with E-state index in [4.69, 9.17) is 19.7 Å². The Morgan fingerprint density at radius 2 is 1.27 bits per heavy atom. The number of pyridine rings is 1. The van der Waals surface area contributed by atoms with Crippen LogP contribution in [0.1, 0.15) is 11.5 Å². The van der Waals surface area contributed by atoms with Crippen LogP contribution in [0.5, 0.6) is 5.75 Å². The van der Waals surface area contributed by atoms with Crippen molar-refractivity contribution in [1.29, 1.82) is 0 Å². The van der Waals surface area contributed by atoms with Crippen molar-refractivity contribution in [1.82, 2.24) is 19.9 Å². The monoisotopic (exact) mass is 634 g/mol. The Morgan fingerprint density at radius 1 is 0.562 bits per heavy atom. The Morgan fingerprint density at radius 3 is 2.06 bits per heavy atom. The standard InChI is InChI=1S/C42H26N4OS/c1-3-11-25(12-4-1)40-44-41(26-13-5-2-6-14-26)46-42(45-40)33-22-28(29-17-9-18-31-30-16-7-8-19-37(30)48-39(29)31)23-36-38(33)32-21-27-15-10-20-43-34(27)24-35(32)47-36/h1-24,32,35H. The van der Waals surface area contributed by atoms with Crippen LogP contribution in [0.25, 0.3) is 77.6 Å². The molecule has 2 aliphatic rings. The molecule has 0 N–H and O–H groups in total. The second-order valence-corrected chi connectivity index (χ2v) is 13.2. The van der Waals surface area contributed by atoms with Crippen LogP contribution in [-0.2, 0) is 0 Å². The zero-order chi connectivity index (χ0) is 31.6. The maximum Gasteiger partial charge on any atom is 0.164 e. The molecule has 2 unspecified atom stereocenters. The van der Waals surface area contributed by atoms with Gasteiger partial charge >= 0.3 is 0 Å². The van der Waals surface area contributed by atoms with E-state index >= 15 is 0 Å². The molecule has 226 valence electrons. The molecule has 0 spiro atoms. The Labute approximate surface area is 280 Å². The van der Waals surface area contributed by atoms with Gasteiger partial charge in [-0.3, -0.25) is 4.98 Å². The highest BCUT2D eigenvalue weighted by Gasteiger charge is 2.37. The summed E-state index contributed by atoms with van der Waals surface area (Å²) in [5, 5.41) is 4.58. The quantitative estimate of drug-likeness (QED) is 0.195. The summed E-state index contributed by atoms with van der Waals surface area (Å²) < 4.78 is 9.32. The lowest BCUT2D eigenvalue weighted by molar-refractivity contribution is 0.288. The Bertz CT molecular complexity index is 2610. The zero-order valence-electron chi connectivity index (χ0n) is 25.6. The van der Waals surface area contributed by atoms with Crippen LogP contribution in [0, 0.1) is 0 Å². The fourth-order valence-electron chi connectivity index (χ4n) is 7.07. The van der Waals surface area contributed by atoms with Gasteiger partial charge in [-0.2, -0.15) is 0 Å². The molecular formula is C42H26N4OS. The molecule has 10 rings (SSSR count). The average Bonchev–Trinajstić information content (AvgIpc) is 3.72. The molecule has 3 aromatic heterocycles. The zero-order valence-corrected chi connectivity index (χ0v) is 26.4. The number of fused-ring (bicyclic) bond motifs is 7. The van der Waals surface area contributed by atoms with Crippen LogP contribution in [0.2, 0.25) is 0 Å². The summed E-state index contributed by atoms with van der Waals surface area (Å²) in [5.74, 6) is 2.72. The summed E-state index contributed by atoms with van der Waals surface area (Å²) in [6.45, 7) is 0. The lowest BCUT2D eigenvalue weighted by Crippen LogP contribution is -2.36. The number of benzene rings is 5. The lowest BCUT2D eigenvalue weighted by atomic mass is 9.86. The van der Waals surface area contributed by atoms with Gasteiger partial charge in [-0.15, -0.1) is 11.3 Å². The summed E-state index contributed by atoms with van der Waals surface area (Å²) in [6, 6.07) is 44.0. The van der Waals surface area contributed by atoms with Gasteiger partial charge in [0.25, 0.3) is 0 Å². The number of rotatable bonds is 4. The average molecular weight is 635 g/mol. The smallest absolute Gasteiger partial charge is 0.164 e. The minimum Gasteiger partial charge on any atom is -0.485 e. The fraction of sp³-hybridized carbons (Fsp3) is 0.0476. The second-order valence-electron chi connectivity index (χ2n) is 12.2. The topological polar surface area (TPSA) is 60.8 Å². The van der Waals surface area contributed by atoms with Gasteiger partial charge in [0.15, 0.2) is 17.5 Å². The number of thiophene rings is 1. The Balaban J connectivity index is 1.26. The van der Waals surface area contributed by atoms with E-state index in [0.29, 0.717) is 17.5 Å². The number of hydrogen-bond acceptors (Lipinski definition) is 6. The first-order valence-electron chi connectivity index (χ1n) is 16.0. The first-order chi connectivity index (χ1) is 23.8. The molecule has 0 saturated heterocycles. The molecule has 4 heterocycles. The predicted octanol–water partition coefficient (Wildman–Crippen LogP) is 8.42. The molecule has 1 aliphatic carbocycles. The van der Waals surface area contributed by atoms with Crippen molar-refractivity contribution in [3.8, 4) is 51.0 Å².